The van der Waals surface area contributed by atoms with Gasteiger partial charge in [0.2, 0.25) is 0 Å². The predicted molar refractivity (Wildman–Crippen MR) is 105 cm³/mol. The first-order valence-corrected chi connectivity index (χ1v) is 9.46. The van der Waals surface area contributed by atoms with Gasteiger partial charge < -0.3 is 19.5 Å². The summed E-state index contributed by atoms with van der Waals surface area (Å²) in [7, 11) is 0. The lowest BCUT2D eigenvalue weighted by atomic mass is 10.1. The normalized spacial score (nSPS) is 14.7. The van der Waals surface area contributed by atoms with Crippen LogP contribution in [0.15, 0.2) is 24.3 Å². The maximum absolute atomic E-state index is 13.7. The number of nitrogens with zero attached hydrogens (tertiary/aromatic N) is 2. The van der Waals surface area contributed by atoms with Crippen LogP contribution in [0.4, 0.5) is 10.1 Å². The zero-order valence-corrected chi connectivity index (χ0v) is 16.5. The van der Waals surface area contributed by atoms with Crippen molar-refractivity contribution in [2.24, 2.45) is 0 Å². The highest BCUT2D eigenvalue weighted by molar-refractivity contribution is 5.96. The summed E-state index contributed by atoms with van der Waals surface area (Å²) < 4.78 is 21.2. The first kappa shape index (κ1) is 19.4. The number of benzene rings is 1. The molecule has 2 aromatic rings. The lowest BCUT2D eigenvalue weighted by Crippen LogP contribution is -2.37. The van der Waals surface area contributed by atoms with E-state index in [0.717, 1.165) is 35.6 Å². The lowest BCUT2D eigenvalue weighted by molar-refractivity contribution is 0.0933. The quantitative estimate of drug-likeness (QED) is 0.875. The molecule has 3 rings (SSSR count). The van der Waals surface area contributed by atoms with Gasteiger partial charge in [-0.1, -0.05) is 12.1 Å². The number of carbonyl (C=O) groups is 1. The topological polar surface area (TPSA) is 46.5 Å². The molecule has 1 fully saturated rings. The molecule has 1 amide bonds. The molecule has 0 saturated carbocycles. The minimum absolute atomic E-state index is 0.0431. The van der Waals surface area contributed by atoms with Gasteiger partial charge in [-0.15, -0.1) is 0 Å². The molecule has 1 N–H and O–H groups in total. The summed E-state index contributed by atoms with van der Waals surface area (Å²) in [6.07, 6.45) is 0. The highest BCUT2D eigenvalue weighted by Crippen LogP contribution is 2.32. The Morgan fingerprint density at radius 3 is 2.59 bits per heavy atom. The van der Waals surface area contributed by atoms with E-state index in [2.05, 4.69) is 10.2 Å². The Bertz CT molecular complexity index is 823. The van der Waals surface area contributed by atoms with Crippen LogP contribution in [-0.4, -0.2) is 42.8 Å². The van der Waals surface area contributed by atoms with E-state index in [-0.39, 0.29) is 17.8 Å². The van der Waals surface area contributed by atoms with Crippen LogP contribution in [0.5, 0.6) is 0 Å². The third-order valence-electron chi connectivity index (χ3n) is 4.92. The molecule has 1 aliphatic heterocycles. The van der Waals surface area contributed by atoms with Crippen LogP contribution in [0, 0.1) is 19.7 Å². The molecule has 5 nitrogen and oxygen atoms in total. The molecule has 0 atom stereocenters. The Morgan fingerprint density at radius 1 is 1.26 bits per heavy atom. The van der Waals surface area contributed by atoms with Gasteiger partial charge in [0.05, 0.1) is 18.9 Å². The molecule has 146 valence electrons. The van der Waals surface area contributed by atoms with Crippen LogP contribution in [0.25, 0.3) is 0 Å². The molecule has 1 aromatic heterocycles. The second kappa shape index (κ2) is 8.13. The van der Waals surface area contributed by atoms with Gasteiger partial charge in [-0.25, -0.2) is 4.39 Å². The van der Waals surface area contributed by atoms with Gasteiger partial charge in [0.15, 0.2) is 0 Å². The first-order chi connectivity index (χ1) is 12.9. The van der Waals surface area contributed by atoms with Crippen molar-refractivity contribution < 1.29 is 13.9 Å². The summed E-state index contributed by atoms with van der Waals surface area (Å²) in [4.78, 5) is 15.2. The molecule has 0 bridgehead atoms. The summed E-state index contributed by atoms with van der Waals surface area (Å²) in [6, 6.07) is 6.58. The fourth-order valence-corrected chi connectivity index (χ4v) is 3.77. The van der Waals surface area contributed by atoms with Crippen LogP contribution < -0.4 is 10.2 Å². The van der Waals surface area contributed by atoms with Crippen LogP contribution in [0.1, 0.15) is 41.2 Å². The molecule has 27 heavy (non-hydrogen) atoms. The molecule has 0 radical (unpaired) electrons. The van der Waals surface area contributed by atoms with Crippen molar-refractivity contribution in [1.29, 1.82) is 0 Å². The Balaban J connectivity index is 2.06. The highest BCUT2D eigenvalue weighted by Gasteiger charge is 2.27. The van der Waals surface area contributed by atoms with Crippen LogP contribution in [-0.2, 0) is 11.3 Å². The standard InChI is InChI=1S/C21H28FN3O2/c1-14(2)23-21(26)20-15(3)19(24-8-10-27-11-9-24)16(4)25(20)13-17-6-5-7-18(22)12-17/h5-7,12,14H,8-11,13H2,1-4H3,(H,23,26). The van der Waals surface area contributed by atoms with E-state index in [1.165, 1.54) is 12.1 Å². The molecule has 0 unspecified atom stereocenters. The van der Waals surface area contributed by atoms with Crippen LogP contribution >= 0.6 is 0 Å². The summed E-state index contributed by atoms with van der Waals surface area (Å²) in [5, 5.41) is 3.00. The van der Waals surface area contributed by atoms with E-state index in [9.17, 15) is 9.18 Å². The van der Waals surface area contributed by atoms with Gasteiger partial charge in [-0.2, -0.15) is 0 Å². The number of rotatable bonds is 5. The van der Waals surface area contributed by atoms with Crippen molar-refractivity contribution in [3.63, 3.8) is 0 Å². The molecule has 1 saturated heterocycles. The fourth-order valence-electron chi connectivity index (χ4n) is 3.77. The van der Waals surface area contributed by atoms with E-state index < -0.39 is 0 Å². The Morgan fingerprint density at radius 2 is 1.96 bits per heavy atom. The highest BCUT2D eigenvalue weighted by atomic mass is 19.1. The lowest BCUT2D eigenvalue weighted by Gasteiger charge is -2.29. The summed E-state index contributed by atoms with van der Waals surface area (Å²) in [6.45, 7) is 11.3. The number of aromatic nitrogens is 1. The van der Waals surface area contributed by atoms with E-state index in [1.54, 1.807) is 6.07 Å². The van der Waals surface area contributed by atoms with Crippen molar-refractivity contribution >= 4 is 11.6 Å². The smallest absolute Gasteiger partial charge is 0.268 e. The Labute approximate surface area is 160 Å². The number of hydrogen-bond donors (Lipinski definition) is 1. The number of carbonyl (C=O) groups excluding carboxylic acids is 1. The summed E-state index contributed by atoms with van der Waals surface area (Å²) >= 11 is 0. The summed E-state index contributed by atoms with van der Waals surface area (Å²) in [5.74, 6) is -0.364. The monoisotopic (exact) mass is 373 g/mol. The van der Waals surface area contributed by atoms with Gasteiger partial charge >= 0.3 is 0 Å². The molecule has 1 aliphatic rings. The maximum atomic E-state index is 13.7. The van der Waals surface area contributed by atoms with Gasteiger partial charge in [-0.3, -0.25) is 4.79 Å². The third kappa shape index (κ3) is 4.16. The number of morpholine rings is 1. The SMILES string of the molecule is Cc1c(N2CCOCC2)c(C)n(Cc2cccc(F)c2)c1C(=O)NC(C)C. The van der Waals surface area contributed by atoms with E-state index in [1.807, 2.05) is 38.3 Å². The van der Waals surface area contributed by atoms with Crippen molar-refractivity contribution in [3.8, 4) is 0 Å². The Hall–Kier alpha value is -2.34. The van der Waals surface area contributed by atoms with E-state index >= 15 is 0 Å². The fraction of sp³-hybridized carbons (Fsp3) is 0.476. The molecule has 6 heteroatoms. The average Bonchev–Trinajstić information content (AvgIpc) is 2.85. The van der Waals surface area contributed by atoms with E-state index in [0.29, 0.717) is 25.5 Å². The zero-order chi connectivity index (χ0) is 19.6. The number of nitrogens with one attached hydrogen (secondary N) is 1. The number of anilines is 1. The van der Waals surface area contributed by atoms with Crippen molar-refractivity contribution in [2.75, 3.05) is 31.2 Å². The van der Waals surface area contributed by atoms with E-state index in [4.69, 9.17) is 4.74 Å². The second-order valence-corrected chi connectivity index (χ2v) is 7.35. The number of ether oxygens (including phenoxy) is 1. The summed E-state index contributed by atoms with van der Waals surface area (Å²) in [5.41, 5.74) is 4.55. The molecule has 1 aromatic carbocycles. The van der Waals surface area contributed by atoms with Gasteiger partial charge in [0, 0.05) is 36.9 Å². The number of amides is 1. The zero-order valence-electron chi connectivity index (χ0n) is 16.5. The Kier molecular flexibility index (Phi) is 5.85. The van der Waals surface area contributed by atoms with Gasteiger partial charge in [0.1, 0.15) is 11.5 Å². The van der Waals surface area contributed by atoms with Crippen molar-refractivity contribution in [2.45, 2.75) is 40.3 Å². The van der Waals surface area contributed by atoms with Gasteiger partial charge in [-0.05, 0) is 45.4 Å². The minimum atomic E-state index is -0.268. The second-order valence-electron chi connectivity index (χ2n) is 7.35. The molecule has 2 heterocycles. The molecular weight excluding hydrogens is 345 g/mol. The van der Waals surface area contributed by atoms with Crippen molar-refractivity contribution in [1.82, 2.24) is 9.88 Å². The third-order valence-corrected chi connectivity index (χ3v) is 4.92. The predicted octanol–water partition coefficient (Wildman–Crippen LogP) is 3.27. The van der Waals surface area contributed by atoms with Crippen LogP contribution in [0.2, 0.25) is 0 Å². The first-order valence-electron chi connectivity index (χ1n) is 9.46. The number of halogens is 1. The minimum Gasteiger partial charge on any atom is -0.378 e. The molecular formula is C21H28FN3O2. The average molecular weight is 373 g/mol. The maximum Gasteiger partial charge on any atom is 0.268 e. The van der Waals surface area contributed by atoms with Crippen molar-refractivity contribution in [3.05, 3.63) is 52.6 Å². The largest absolute Gasteiger partial charge is 0.378 e. The van der Waals surface area contributed by atoms with Gasteiger partial charge in [0.25, 0.3) is 5.91 Å². The molecule has 0 spiro atoms. The molecule has 0 aliphatic carbocycles. The van der Waals surface area contributed by atoms with Crippen LogP contribution in [0.3, 0.4) is 0 Å². The number of hydrogen-bond acceptors (Lipinski definition) is 3.